The molecule has 0 radical (unpaired) electrons. The van der Waals surface area contributed by atoms with Crippen LogP contribution < -0.4 is 16.0 Å². The van der Waals surface area contributed by atoms with E-state index in [0.29, 0.717) is 17.0 Å². The first kappa shape index (κ1) is 21.0. The lowest BCUT2D eigenvalue weighted by Gasteiger charge is -2.20. The maximum atomic E-state index is 12.4. The Morgan fingerprint density at radius 2 is 1.60 bits per heavy atom. The van der Waals surface area contributed by atoms with Crippen molar-refractivity contribution in [3.8, 4) is 0 Å². The van der Waals surface area contributed by atoms with Crippen LogP contribution in [0.5, 0.6) is 0 Å². The minimum Gasteiger partial charge on any atom is -0.352 e. The summed E-state index contributed by atoms with van der Waals surface area (Å²) in [5.74, 6) is -0.805. The molecule has 0 saturated carbocycles. The van der Waals surface area contributed by atoms with E-state index in [1.807, 2.05) is 27.7 Å². The molecule has 0 bridgehead atoms. The predicted molar refractivity (Wildman–Crippen MR) is 98.4 cm³/mol. The number of hydrogen-bond acceptors (Lipinski definition) is 3. The van der Waals surface area contributed by atoms with E-state index in [1.54, 1.807) is 24.3 Å². The van der Waals surface area contributed by atoms with Crippen molar-refractivity contribution in [2.24, 2.45) is 5.92 Å². The van der Waals surface area contributed by atoms with Crippen LogP contribution in [0.2, 0.25) is 5.02 Å². The zero-order valence-corrected chi connectivity index (χ0v) is 15.8. The van der Waals surface area contributed by atoms with E-state index in [1.165, 1.54) is 0 Å². The summed E-state index contributed by atoms with van der Waals surface area (Å²) in [7, 11) is 0. The quantitative estimate of drug-likeness (QED) is 0.657. The molecule has 0 aromatic heterocycles. The fourth-order valence-corrected chi connectivity index (χ4v) is 2.34. The Morgan fingerprint density at radius 1 is 1.00 bits per heavy atom. The Labute approximate surface area is 153 Å². The Kier molecular flexibility index (Phi) is 8.41. The Hall–Kier alpha value is -2.08. The molecule has 6 nitrogen and oxygen atoms in total. The van der Waals surface area contributed by atoms with Crippen molar-refractivity contribution in [3.05, 3.63) is 34.9 Å². The van der Waals surface area contributed by atoms with Gasteiger partial charge in [-0.1, -0.05) is 25.4 Å². The van der Waals surface area contributed by atoms with E-state index in [4.69, 9.17) is 11.6 Å². The molecular weight excluding hydrogens is 342 g/mol. The van der Waals surface area contributed by atoms with Crippen molar-refractivity contribution in [3.63, 3.8) is 0 Å². The highest BCUT2D eigenvalue weighted by molar-refractivity contribution is 6.30. The average Bonchev–Trinajstić information content (AvgIpc) is 2.51. The summed E-state index contributed by atoms with van der Waals surface area (Å²) in [6, 6.07) is 5.71. The monoisotopic (exact) mass is 367 g/mol. The molecule has 0 aliphatic carbocycles. The maximum Gasteiger partial charge on any atom is 0.251 e. The maximum absolute atomic E-state index is 12.4. The zero-order chi connectivity index (χ0) is 19.0. The van der Waals surface area contributed by atoms with Crippen molar-refractivity contribution >= 4 is 29.3 Å². The van der Waals surface area contributed by atoms with Gasteiger partial charge in [-0.25, -0.2) is 0 Å². The molecule has 1 unspecified atom stereocenters. The van der Waals surface area contributed by atoms with Gasteiger partial charge in [0.2, 0.25) is 11.8 Å². The second-order valence-electron chi connectivity index (χ2n) is 6.60. The normalized spacial score (nSPS) is 12.0. The molecule has 0 aliphatic rings. The van der Waals surface area contributed by atoms with Crippen LogP contribution in [0.4, 0.5) is 0 Å². The van der Waals surface area contributed by atoms with Crippen molar-refractivity contribution in [1.29, 1.82) is 0 Å². The molecule has 0 fully saturated rings. The molecule has 0 spiro atoms. The van der Waals surface area contributed by atoms with Gasteiger partial charge in [-0.15, -0.1) is 0 Å². The van der Waals surface area contributed by atoms with Gasteiger partial charge in [-0.3, -0.25) is 14.4 Å². The van der Waals surface area contributed by atoms with Gasteiger partial charge in [-0.2, -0.15) is 0 Å². The highest BCUT2D eigenvalue weighted by Gasteiger charge is 2.23. The van der Waals surface area contributed by atoms with E-state index >= 15 is 0 Å². The highest BCUT2D eigenvalue weighted by Crippen LogP contribution is 2.11. The van der Waals surface area contributed by atoms with E-state index in [0.717, 1.165) is 0 Å². The van der Waals surface area contributed by atoms with Crippen LogP contribution in [0.25, 0.3) is 0 Å². The van der Waals surface area contributed by atoms with Crippen LogP contribution in [0.3, 0.4) is 0 Å². The molecule has 0 heterocycles. The number of halogens is 1. The van der Waals surface area contributed by atoms with E-state index in [-0.39, 0.29) is 36.2 Å². The van der Waals surface area contributed by atoms with E-state index in [2.05, 4.69) is 16.0 Å². The van der Waals surface area contributed by atoms with Crippen molar-refractivity contribution in [2.45, 2.75) is 46.2 Å². The van der Waals surface area contributed by atoms with Crippen LogP contribution >= 0.6 is 11.6 Å². The standard InChI is InChI=1S/C18H26ClN3O3/c1-11(2)9-15(18(25)20-10-16(23)21-12(3)4)22-17(24)13-5-7-14(19)8-6-13/h5-8,11-12,15H,9-10H2,1-4H3,(H,20,25)(H,21,23)(H,22,24). The third-order valence-corrected chi connectivity index (χ3v) is 3.56. The van der Waals surface area contributed by atoms with Gasteiger partial charge in [0.05, 0.1) is 6.54 Å². The van der Waals surface area contributed by atoms with Gasteiger partial charge >= 0.3 is 0 Å². The fourth-order valence-electron chi connectivity index (χ4n) is 2.21. The number of carbonyl (C=O) groups is 3. The molecule has 0 aliphatic heterocycles. The highest BCUT2D eigenvalue weighted by atomic mass is 35.5. The summed E-state index contributed by atoms with van der Waals surface area (Å²) in [6.45, 7) is 7.48. The fraction of sp³-hybridized carbons (Fsp3) is 0.500. The second kappa shape index (κ2) is 10.0. The van der Waals surface area contributed by atoms with Crippen LogP contribution in [-0.4, -0.2) is 36.3 Å². The summed E-state index contributed by atoms with van der Waals surface area (Å²) < 4.78 is 0. The number of hydrogen-bond donors (Lipinski definition) is 3. The third-order valence-electron chi connectivity index (χ3n) is 3.31. The van der Waals surface area contributed by atoms with Gasteiger partial charge in [0.15, 0.2) is 0 Å². The third kappa shape index (κ3) is 8.03. The largest absolute Gasteiger partial charge is 0.352 e. The van der Waals surface area contributed by atoms with Crippen LogP contribution in [0.1, 0.15) is 44.5 Å². The molecule has 1 aromatic carbocycles. The Morgan fingerprint density at radius 3 is 2.12 bits per heavy atom. The SMILES string of the molecule is CC(C)CC(NC(=O)c1ccc(Cl)cc1)C(=O)NCC(=O)NC(C)C. The van der Waals surface area contributed by atoms with Crippen LogP contribution in [0.15, 0.2) is 24.3 Å². The summed E-state index contributed by atoms with van der Waals surface area (Å²) in [4.78, 5) is 36.3. The van der Waals surface area contributed by atoms with Crippen molar-refractivity contribution in [2.75, 3.05) is 6.54 Å². The number of rotatable bonds is 8. The molecule has 1 rings (SSSR count). The van der Waals surface area contributed by atoms with Crippen molar-refractivity contribution in [1.82, 2.24) is 16.0 Å². The number of nitrogens with one attached hydrogen (secondary N) is 3. The summed E-state index contributed by atoms with van der Waals surface area (Å²) in [6.07, 6.45) is 0.469. The summed E-state index contributed by atoms with van der Waals surface area (Å²) in [5.41, 5.74) is 0.420. The first-order valence-electron chi connectivity index (χ1n) is 8.32. The summed E-state index contributed by atoms with van der Waals surface area (Å²) >= 11 is 5.81. The number of carbonyl (C=O) groups excluding carboxylic acids is 3. The Balaban J connectivity index is 2.69. The molecule has 25 heavy (non-hydrogen) atoms. The van der Waals surface area contributed by atoms with E-state index in [9.17, 15) is 14.4 Å². The van der Waals surface area contributed by atoms with Crippen molar-refractivity contribution < 1.29 is 14.4 Å². The second-order valence-corrected chi connectivity index (χ2v) is 7.04. The van der Waals surface area contributed by atoms with Gasteiger partial charge in [-0.05, 0) is 50.5 Å². The smallest absolute Gasteiger partial charge is 0.251 e. The van der Waals surface area contributed by atoms with Gasteiger partial charge in [0, 0.05) is 16.6 Å². The average molecular weight is 368 g/mol. The van der Waals surface area contributed by atoms with Crippen LogP contribution in [0, 0.1) is 5.92 Å². The molecule has 138 valence electrons. The topological polar surface area (TPSA) is 87.3 Å². The molecule has 3 amide bonds. The zero-order valence-electron chi connectivity index (χ0n) is 15.1. The van der Waals surface area contributed by atoms with Crippen LogP contribution in [-0.2, 0) is 9.59 Å². The first-order valence-corrected chi connectivity index (χ1v) is 8.70. The lowest BCUT2D eigenvalue weighted by molar-refractivity contribution is -0.127. The van der Waals surface area contributed by atoms with Gasteiger partial charge in [0.25, 0.3) is 5.91 Å². The molecule has 1 atom stereocenters. The van der Waals surface area contributed by atoms with Gasteiger partial charge in [0.1, 0.15) is 6.04 Å². The molecular formula is C18H26ClN3O3. The number of benzene rings is 1. The minimum absolute atomic E-state index is 0.000436. The molecule has 7 heteroatoms. The Bertz CT molecular complexity index is 600. The van der Waals surface area contributed by atoms with E-state index < -0.39 is 6.04 Å². The predicted octanol–water partition coefficient (Wildman–Crippen LogP) is 2.13. The minimum atomic E-state index is -0.713. The lowest BCUT2D eigenvalue weighted by atomic mass is 10.0. The molecule has 3 N–H and O–H groups in total. The molecule has 0 saturated heterocycles. The summed E-state index contributed by atoms with van der Waals surface area (Å²) in [5, 5.41) is 8.52. The first-order chi connectivity index (χ1) is 11.7. The lowest BCUT2D eigenvalue weighted by Crippen LogP contribution is -2.50. The number of amides is 3. The van der Waals surface area contributed by atoms with Gasteiger partial charge < -0.3 is 16.0 Å². The molecule has 1 aromatic rings.